The zero-order chi connectivity index (χ0) is 13.9. The van der Waals surface area contributed by atoms with Crippen LogP contribution >= 0.6 is 35.7 Å². The van der Waals surface area contributed by atoms with E-state index in [1.807, 2.05) is 18.2 Å². The molecule has 0 radical (unpaired) electrons. The van der Waals surface area contributed by atoms with Gasteiger partial charge >= 0.3 is 0 Å². The SMILES string of the molecule is Cc1ccc(NC(N)=NCC2(O)CCSC2)cc1C.I. The number of hydrogen-bond acceptors (Lipinski definition) is 3. The van der Waals surface area contributed by atoms with Crippen molar-refractivity contribution in [3.05, 3.63) is 29.3 Å². The molecular formula is C14H22IN3OS. The number of nitrogens with zero attached hydrogens (tertiary/aromatic N) is 1. The van der Waals surface area contributed by atoms with Gasteiger partial charge in [0, 0.05) is 11.4 Å². The molecule has 0 aromatic heterocycles. The molecule has 4 nitrogen and oxygen atoms in total. The summed E-state index contributed by atoms with van der Waals surface area (Å²) < 4.78 is 0. The van der Waals surface area contributed by atoms with Crippen LogP contribution in [0.15, 0.2) is 23.2 Å². The first-order valence-electron chi connectivity index (χ1n) is 6.43. The van der Waals surface area contributed by atoms with Gasteiger partial charge < -0.3 is 16.2 Å². The van der Waals surface area contributed by atoms with Crippen molar-refractivity contribution in [2.24, 2.45) is 10.7 Å². The lowest BCUT2D eigenvalue weighted by atomic mass is 10.1. The second-order valence-electron chi connectivity index (χ2n) is 5.15. The van der Waals surface area contributed by atoms with Gasteiger partial charge in [-0.05, 0) is 49.3 Å². The minimum absolute atomic E-state index is 0. The third-order valence-corrected chi connectivity index (χ3v) is 4.64. The number of benzene rings is 1. The number of aliphatic hydroxyl groups is 1. The normalized spacial score (nSPS) is 22.4. The Morgan fingerprint density at radius 3 is 2.80 bits per heavy atom. The van der Waals surface area contributed by atoms with E-state index in [-0.39, 0.29) is 24.0 Å². The Balaban J connectivity index is 0.00000200. The number of thioether (sulfide) groups is 1. The molecule has 0 spiro atoms. The molecule has 1 aromatic rings. The summed E-state index contributed by atoms with van der Waals surface area (Å²) >= 11 is 1.76. The number of anilines is 1. The Bertz CT molecular complexity index is 487. The first-order chi connectivity index (χ1) is 8.98. The number of hydrogen-bond donors (Lipinski definition) is 3. The zero-order valence-electron chi connectivity index (χ0n) is 11.8. The zero-order valence-corrected chi connectivity index (χ0v) is 15.0. The maximum Gasteiger partial charge on any atom is 0.193 e. The predicted molar refractivity (Wildman–Crippen MR) is 98.3 cm³/mol. The molecule has 1 heterocycles. The molecule has 0 saturated carbocycles. The van der Waals surface area contributed by atoms with E-state index in [1.54, 1.807) is 11.8 Å². The van der Waals surface area contributed by atoms with Crippen molar-refractivity contribution < 1.29 is 5.11 Å². The highest BCUT2D eigenvalue weighted by Gasteiger charge is 2.31. The minimum Gasteiger partial charge on any atom is -0.387 e. The summed E-state index contributed by atoms with van der Waals surface area (Å²) in [5, 5.41) is 13.2. The first-order valence-corrected chi connectivity index (χ1v) is 7.58. The number of guanidine groups is 1. The third-order valence-electron chi connectivity index (χ3n) is 3.41. The average molecular weight is 407 g/mol. The molecule has 4 N–H and O–H groups in total. The van der Waals surface area contributed by atoms with E-state index >= 15 is 0 Å². The second-order valence-corrected chi connectivity index (χ2v) is 6.26. The Morgan fingerprint density at radius 2 is 2.20 bits per heavy atom. The highest BCUT2D eigenvalue weighted by Crippen LogP contribution is 2.27. The summed E-state index contributed by atoms with van der Waals surface area (Å²) in [4.78, 5) is 4.25. The van der Waals surface area contributed by atoms with Crippen molar-refractivity contribution in [3.63, 3.8) is 0 Å². The van der Waals surface area contributed by atoms with Crippen LogP contribution in [0.5, 0.6) is 0 Å². The van der Waals surface area contributed by atoms with Gasteiger partial charge in [0.15, 0.2) is 5.96 Å². The van der Waals surface area contributed by atoms with Gasteiger partial charge in [-0.3, -0.25) is 4.99 Å². The number of nitrogens with one attached hydrogen (secondary N) is 1. The Labute approximate surface area is 141 Å². The van der Waals surface area contributed by atoms with Crippen LogP contribution in [0.25, 0.3) is 0 Å². The molecule has 1 saturated heterocycles. The fourth-order valence-corrected chi connectivity index (χ4v) is 3.24. The minimum atomic E-state index is -0.680. The van der Waals surface area contributed by atoms with Crippen LogP contribution in [-0.4, -0.2) is 34.7 Å². The average Bonchev–Trinajstić information content (AvgIpc) is 2.79. The lowest BCUT2D eigenvalue weighted by molar-refractivity contribution is 0.0780. The lowest BCUT2D eigenvalue weighted by Crippen LogP contribution is -2.34. The molecular weight excluding hydrogens is 385 g/mol. The summed E-state index contributed by atoms with van der Waals surface area (Å²) in [5.74, 6) is 2.10. The Hall–Kier alpha value is -0.470. The molecule has 1 aromatic carbocycles. The maximum absolute atomic E-state index is 10.2. The molecule has 1 aliphatic rings. The summed E-state index contributed by atoms with van der Waals surface area (Å²) in [6, 6.07) is 6.06. The fraction of sp³-hybridized carbons (Fsp3) is 0.500. The smallest absolute Gasteiger partial charge is 0.193 e. The molecule has 0 aliphatic carbocycles. The first kappa shape index (κ1) is 17.6. The number of aryl methyl sites for hydroxylation is 2. The van der Waals surface area contributed by atoms with Gasteiger partial charge in [-0.15, -0.1) is 24.0 Å². The standard InChI is InChI=1S/C14H21N3OS.HI/c1-10-3-4-12(7-11(10)2)17-13(15)16-8-14(18)5-6-19-9-14;/h3-4,7,18H,5-6,8-9H2,1-2H3,(H3,15,16,17);1H. The molecule has 112 valence electrons. The molecule has 1 aliphatic heterocycles. The fourth-order valence-electron chi connectivity index (χ4n) is 1.96. The van der Waals surface area contributed by atoms with E-state index in [9.17, 15) is 5.11 Å². The van der Waals surface area contributed by atoms with Gasteiger partial charge in [0.2, 0.25) is 0 Å². The van der Waals surface area contributed by atoms with Gasteiger partial charge in [-0.25, -0.2) is 0 Å². The monoisotopic (exact) mass is 407 g/mol. The molecule has 6 heteroatoms. The van der Waals surface area contributed by atoms with Crippen molar-refractivity contribution in [2.45, 2.75) is 25.9 Å². The van der Waals surface area contributed by atoms with Gasteiger partial charge in [0.1, 0.15) is 0 Å². The largest absolute Gasteiger partial charge is 0.387 e. The topological polar surface area (TPSA) is 70.6 Å². The van der Waals surface area contributed by atoms with Crippen LogP contribution in [0, 0.1) is 13.8 Å². The third kappa shape index (κ3) is 4.82. The summed E-state index contributed by atoms with van der Waals surface area (Å²) in [6.45, 7) is 4.50. The molecule has 0 bridgehead atoms. The van der Waals surface area contributed by atoms with E-state index in [0.717, 1.165) is 23.6 Å². The summed E-state index contributed by atoms with van der Waals surface area (Å²) in [6.07, 6.45) is 0.790. The molecule has 1 unspecified atom stereocenters. The molecule has 0 amide bonds. The maximum atomic E-state index is 10.2. The highest BCUT2D eigenvalue weighted by atomic mass is 127. The molecule has 1 fully saturated rings. The van der Waals surface area contributed by atoms with E-state index in [0.29, 0.717) is 12.5 Å². The highest BCUT2D eigenvalue weighted by molar-refractivity contribution is 14.0. The van der Waals surface area contributed by atoms with Crippen molar-refractivity contribution in [2.75, 3.05) is 23.4 Å². The van der Waals surface area contributed by atoms with E-state index in [1.165, 1.54) is 11.1 Å². The van der Waals surface area contributed by atoms with Gasteiger partial charge in [0.05, 0.1) is 12.1 Å². The predicted octanol–water partition coefficient (Wildman–Crippen LogP) is 2.52. The van der Waals surface area contributed by atoms with Crippen LogP contribution in [0.2, 0.25) is 0 Å². The summed E-state index contributed by atoms with van der Waals surface area (Å²) in [7, 11) is 0. The van der Waals surface area contributed by atoms with Crippen LogP contribution in [0.3, 0.4) is 0 Å². The number of halogens is 1. The molecule has 2 rings (SSSR count). The van der Waals surface area contributed by atoms with E-state index < -0.39 is 5.60 Å². The van der Waals surface area contributed by atoms with Crippen LogP contribution in [0.1, 0.15) is 17.5 Å². The number of rotatable bonds is 3. The van der Waals surface area contributed by atoms with Crippen molar-refractivity contribution in [1.29, 1.82) is 0 Å². The van der Waals surface area contributed by atoms with Crippen molar-refractivity contribution in [1.82, 2.24) is 0 Å². The Morgan fingerprint density at radius 1 is 1.45 bits per heavy atom. The van der Waals surface area contributed by atoms with Gasteiger partial charge in [-0.2, -0.15) is 11.8 Å². The lowest BCUT2D eigenvalue weighted by Gasteiger charge is -2.18. The quantitative estimate of drug-likeness (QED) is 0.409. The van der Waals surface area contributed by atoms with Crippen LogP contribution in [-0.2, 0) is 0 Å². The van der Waals surface area contributed by atoms with Crippen LogP contribution < -0.4 is 11.1 Å². The van der Waals surface area contributed by atoms with E-state index in [2.05, 4.69) is 24.2 Å². The molecule has 1 atom stereocenters. The molecule has 20 heavy (non-hydrogen) atoms. The summed E-state index contributed by atoms with van der Waals surface area (Å²) in [5.41, 5.74) is 8.56. The second kappa shape index (κ2) is 7.51. The van der Waals surface area contributed by atoms with E-state index in [4.69, 9.17) is 5.73 Å². The number of nitrogens with two attached hydrogens (primary N) is 1. The number of aliphatic imine (C=N–C) groups is 1. The van der Waals surface area contributed by atoms with Gasteiger partial charge in [0.25, 0.3) is 0 Å². The van der Waals surface area contributed by atoms with Gasteiger partial charge in [-0.1, -0.05) is 6.07 Å². The van der Waals surface area contributed by atoms with Crippen molar-refractivity contribution in [3.8, 4) is 0 Å². The van der Waals surface area contributed by atoms with Crippen molar-refractivity contribution >= 4 is 47.4 Å². The van der Waals surface area contributed by atoms with Crippen LogP contribution in [0.4, 0.5) is 5.69 Å². The Kier molecular flexibility index (Phi) is 6.60.